The van der Waals surface area contributed by atoms with Crippen LogP contribution in [0.25, 0.3) is 11.4 Å². The summed E-state index contributed by atoms with van der Waals surface area (Å²) in [6.45, 7) is 2.37. The molecule has 1 saturated heterocycles. The highest BCUT2D eigenvalue weighted by Gasteiger charge is 2.23. The maximum atomic E-state index is 5.82. The Morgan fingerprint density at radius 3 is 3.08 bits per heavy atom. The molecular weight excluding hydrogens is 304 g/mol. The van der Waals surface area contributed by atoms with E-state index >= 15 is 0 Å². The standard InChI is InChI=1S/C18H18N4O2/c1-4-14(17-21-18(24-22-17)15-6-8-20-11-15)9-16(5-1)23-12-13-3-2-7-19-10-13/h1-5,7,9-10,15,20H,6,8,11-12H2/t15-/m0/s1. The molecule has 0 aliphatic carbocycles. The largest absolute Gasteiger partial charge is 0.489 e. The van der Waals surface area contributed by atoms with Gasteiger partial charge in [0.15, 0.2) is 0 Å². The van der Waals surface area contributed by atoms with Gasteiger partial charge in [-0.25, -0.2) is 0 Å². The van der Waals surface area contributed by atoms with Gasteiger partial charge >= 0.3 is 0 Å². The molecule has 0 spiro atoms. The summed E-state index contributed by atoms with van der Waals surface area (Å²) in [5.74, 6) is 2.39. The van der Waals surface area contributed by atoms with Crippen molar-refractivity contribution < 1.29 is 9.26 Å². The van der Waals surface area contributed by atoms with Crippen molar-refractivity contribution in [2.45, 2.75) is 18.9 Å². The van der Waals surface area contributed by atoms with Gasteiger partial charge in [-0.15, -0.1) is 0 Å². The first-order valence-corrected chi connectivity index (χ1v) is 8.05. The Morgan fingerprint density at radius 1 is 1.25 bits per heavy atom. The van der Waals surface area contributed by atoms with Crippen molar-refractivity contribution in [1.29, 1.82) is 0 Å². The highest BCUT2D eigenvalue weighted by molar-refractivity contribution is 5.56. The van der Waals surface area contributed by atoms with Crippen molar-refractivity contribution in [3.8, 4) is 17.1 Å². The first-order valence-electron chi connectivity index (χ1n) is 8.05. The van der Waals surface area contributed by atoms with Crippen LogP contribution in [0.2, 0.25) is 0 Å². The fourth-order valence-electron chi connectivity index (χ4n) is 2.76. The van der Waals surface area contributed by atoms with Crippen LogP contribution >= 0.6 is 0 Å². The molecule has 2 aromatic heterocycles. The molecule has 0 amide bonds. The lowest BCUT2D eigenvalue weighted by molar-refractivity contribution is 0.306. The van der Waals surface area contributed by atoms with E-state index in [0.29, 0.717) is 24.2 Å². The zero-order chi connectivity index (χ0) is 16.2. The van der Waals surface area contributed by atoms with E-state index in [4.69, 9.17) is 9.26 Å². The Kier molecular flexibility index (Phi) is 4.20. The van der Waals surface area contributed by atoms with E-state index < -0.39 is 0 Å². The molecule has 3 heterocycles. The number of aromatic nitrogens is 3. The first-order chi connectivity index (χ1) is 11.9. The molecule has 1 aromatic carbocycles. The number of pyridine rings is 1. The average Bonchev–Trinajstić information content (AvgIpc) is 3.32. The van der Waals surface area contributed by atoms with E-state index in [9.17, 15) is 0 Å². The summed E-state index contributed by atoms with van der Waals surface area (Å²) >= 11 is 0. The van der Waals surface area contributed by atoms with Gasteiger partial charge in [-0.1, -0.05) is 23.4 Å². The van der Waals surface area contributed by atoms with Gasteiger partial charge in [0.25, 0.3) is 0 Å². The molecule has 122 valence electrons. The van der Waals surface area contributed by atoms with Crippen molar-refractivity contribution in [2.24, 2.45) is 0 Å². The maximum absolute atomic E-state index is 5.82. The average molecular weight is 322 g/mol. The minimum Gasteiger partial charge on any atom is -0.489 e. The van der Waals surface area contributed by atoms with Crippen LogP contribution in [-0.2, 0) is 6.61 Å². The second-order valence-electron chi connectivity index (χ2n) is 5.82. The van der Waals surface area contributed by atoms with Gasteiger partial charge in [0.05, 0.1) is 5.92 Å². The molecule has 4 rings (SSSR count). The van der Waals surface area contributed by atoms with E-state index in [0.717, 1.165) is 36.4 Å². The maximum Gasteiger partial charge on any atom is 0.231 e. The van der Waals surface area contributed by atoms with E-state index in [1.807, 2.05) is 36.4 Å². The number of rotatable bonds is 5. The Hall–Kier alpha value is -2.73. The molecule has 0 unspecified atom stereocenters. The summed E-state index contributed by atoms with van der Waals surface area (Å²) in [6, 6.07) is 11.6. The van der Waals surface area contributed by atoms with Crippen LogP contribution in [0.5, 0.6) is 5.75 Å². The van der Waals surface area contributed by atoms with E-state index in [2.05, 4.69) is 20.4 Å². The molecule has 1 fully saturated rings. The van der Waals surface area contributed by atoms with Crippen LogP contribution in [0.15, 0.2) is 53.3 Å². The highest BCUT2D eigenvalue weighted by atomic mass is 16.5. The molecule has 1 aliphatic rings. The summed E-state index contributed by atoms with van der Waals surface area (Å²) in [5.41, 5.74) is 1.91. The molecule has 6 heteroatoms. The number of hydrogen-bond donors (Lipinski definition) is 1. The van der Waals surface area contributed by atoms with Crippen molar-refractivity contribution >= 4 is 0 Å². The molecule has 24 heavy (non-hydrogen) atoms. The van der Waals surface area contributed by atoms with Crippen LogP contribution in [0.4, 0.5) is 0 Å². The smallest absolute Gasteiger partial charge is 0.231 e. The van der Waals surface area contributed by atoms with Crippen LogP contribution in [0.3, 0.4) is 0 Å². The summed E-state index contributed by atoms with van der Waals surface area (Å²) in [4.78, 5) is 8.62. The Bertz CT molecular complexity index is 798. The van der Waals surface area contributed by atoms with Crippen molar-refractivity contribution in [2.75, 3.05) is 13.1 Å². The Labute approximate surface area is 139 Å². The lowest BCUT2D eigenvalue weighted by atomic mass is 10.1. The van der Waals surface area contributed by atoms with Gasteiger partial charge in [0.2, 0.25) is 11.7 Å². The minimum atomic E-state index is 0.316. The summed E-state index contributed by atoms with van der Waals surface area (Å²) < 4.78 is 11.2. The number of nitrogens with one attached hydrogen (secondary N) is 1. The second-order valence-corrected chi connectivity index (χ2v) is 5.82. The van der Waals surface area contributed by atoms with E-state index in [1.54, 1.807) is 12.4 Å². The molecule has 1 N–H and O–H groups in total. The summed E-state index contributed by atoms with van der Waals surface area (Å²) in [6.07, 6.45) is 4.58. The minimum absolute atomic E-state index is 0.316. The SMILES string of the molecule is c1cncc(COc2cccc(-c3noc([C@H]4CCNC4)n3)c2)c1. The predicted molar refractivity (Wildman–Crippen MR) is 88.5 cm³/mol. The lowest BCUT2D eigenvalue weighted by Gasteiger charge is -2.06. The van der Waals surface area contributed by atoms with Gasteiger partial charge < -0.3 is 14.6 Å². The monoisotopic (exact) mass is 322 g/mol. The zero-order valence-corrected chi connectivity index (χ0v) is 13.2. The molecule has 0 radical (unpaired) electrons. The van der Waals surface area contributed by atoms with Crippen molar-refractivity contribution in [3.05, 3.63) is 60.2 Å². The molecule has 1 atom stereocenters. The number of nitrogens with zero attached hydrogens (tertiary/aromatic N) is 3. The molecule has 0 saturated carbocycles. The van der Waals surface area contributed by atoms with Crippen molar-refractivity contribution in [3.63, 3.8) is 0 Å². The van der Waals surface area contributed by atoms with Crippen LogP contribution < -0.4 is 10.1 Å². The first kappa shape index (κ1) is 14.8. The summed E-state index contributed by atoms with van der Waals surface area (Å²) in [7, 11) is 0. The Balaban J connectivity index is 1.48. The van der Waals surface area contributed by atoms with E-state index in [1.165, 1.54) is 0 Å². The van der Waals surface area contributed by atoms with Gasteiger partial charge in [0.1, 0.15) is 12.4 Å². The normalized spacial score (nSPS) is 17.1. The third-order valence-electron chi connectivity index (χ3n) is 4.07. The van der Waals surface area contributed by atoms with Gasteiger partial charge in [0, 0.05) is 30.1 Å². The van der Waals surface area contributed by atoms with Crippen LogP contribution in [0.1, 0.15) is 23.8 Å². The molecule has 6 nitrogen and oxygen atoms in total. The zero-order valence-electron chi connectivity index (χ0n) is 13.2. The highest BCUT2D eigenvalue weighted by Crippen LogP contribution is 2.26. The predicted octanol–water partition coefficient (Wildman–Crippen LogP) is 2.79. The lowest BCUT2D eigenvalue weighted by Crippen LogP contribution is -2.08. The number of hydrogen-bond acceptors (Lipinski definition) is 6. The molecule has 1 aliphatic heterocycles. The number of benzene rings is 1. The topological polar surface area (TPSA) is 73.1 Å². The van der Waals surface area contributed by atoms with Crippen molar-refractivity contribution in [1.82, 2.24) is 20.4 Å². The number of ether oxygens (including phenoxy) is 1. The van der Waals surface area contributed by atoms with Gasteiger partial charge in [-0.2, -0.15) is 4.98 Å². The second kappa shape index (κ2) is 6.80. The molecule has 0 bridgehead atoms. The van der Waals surface area contributed by atoms with E-state index in [-0.39, 0.29) is 0 Å². The molecule has 3 aromatic rings. The third-order valence-corrected chi connectivity index (χ3v) is 4.07. The quantitative estimate of drug-likeness (QED) is 0.779. The van der Waals surface area contributed by atoms with Crippen LogP contribution in [0, 0.1) is 0 Å². The fraction of sp³-hybridized carbons (Fsp3) is 0.278. The fourth-order valence-corrected chi connectivity index (χ4v) is 2.76. The third kappa shape index (κ3) is 3.28. The van der Waals surface area contributed by atoms with Crippen LogP contribution in [-0.4, -0.2) is 28.2 Å². The van der Waals surface area contributed by atoms with Gasteiger partial charge in [-0.05, 0) is 31.2 Å². The molecular formula is C18H18N4O2. The summed E-state index contributed by atoms with van der Waals surface area (Å²) in [5, 5.41) is 7.42. The Morgan fingerprint density at radius 2 is 2.25 bits per heavy atom. The van der Waals surface area contributed by atoms with Gasteiger partial charge in [-0.3, -0.25) is 4.98 Å².